The van der Waals surface area contributed by atoms with Gasteiger partial charge in [0.15, 0.2) is 11.8 Å². The van der Waals surface area contributed by atoms with Crippen molar-refractivity contribution in [1.82, 2.24) is 0 Å². The third kappa shape index (κ3) is 9.41. The van der Waals surface area contributed by atoms with Crippen LogP contribution in [-0.2, 0) is 9.59 Å². The van der Waals surface area contributed by atoms with Crippen LogP contribution in [0.15, 0.2) is 48.5 Å². The maximum atomic E-state index is 12.3. The van der Waals surface area contributed by atoms with Crippen molar-refractivity contribution in [3.8, 4) is 5.75 Å². The van der Waals surface area contributed by atoms with Crippen molar-refractivity contribution in [1.29, 1.82) is 0 Å². The Labute approximate surface area is 181 Å². The Hall–Kier alpha value is -3.23. The standard InChI is InChI=1S/C17H16O4.C6H14N2O2/c1-11-6-8-13(9-7-11)16(18)14-4-3-5-15(10-14)21-12(2)17(19)20;7-4-2-1-3-5(8)6(9)10/h3-10,12H,1-2H3,(H,19,20);5H,1-4,7-8H2,(H,9,10)/t;5-/m.0/s1. The van der Waals surface area contributed by atoms with Gasteiger partial charge in [-0.3, -0.25) is 4.79 Å². The fourth-order valence-electron chi connectivity index (χ4n) is 2.49. The number of rotatable bonds is 10. The van der Waals surface area contributed by atoms with E-state index in [1.54, 1.807) is 30.3 Å². The molecule has 6 N–H and O–H groups in total. The van der Waals surface area contributed by atoms with E-state index in [0.29, 0.717) is 29.8 Å². The van der Waals surface area contributed by atoms with Crippen molar-refractivity contribution in [2.45, 2.75) is 45.3 Å². The van der Waals surface area contributed by atoms with E-state index in [-0.39, 0.29) is 5.78 Å². The second kappa shape index (κ2) is 13.1. The monoisotopic (exact) mass is 430 g/mol. The molecule has 2 atom stereocenters. The zero-order valence-corrected chi connectivity index (χ0v) is 17.9. The van der Waals surface area contributed by atoms with Crippen LogP contribution >= 0.6 is 0 Å². The van der Waals surface area contributed by atoms with Gasteiger partial charge in [0.2, 0.25) is 0 Å². The number of ketones is 1. The molecule has 0 aliphatic rings. The third-order valence-corrected chi connectivity index (χ3v) is 4.41. The molecule has 8 nitrogen and oxygen atoms in total. The Kier molecular flexibility index (Phi) is 10.9. The molecule has 0 aliphatic heterocycles. The van der Waals surface area contributed by atoms with Crippen molar-refractivity contribution < 1.29 is 35.1 Å². The fourth-order valence-corrected chi connectivity index (χ4v) is 2.49. The minimum atomic E-state index is -1.30. The molecule has 0 bridgehead atoms. The maximum absolute atomic E-state index is 12.3. The van der Waals surface area contributed by atoms with Crippen molar-refractivity contribution in [3.05, 3.63) is 65.2 Å². The Bertz CT molecular complexity index is 867. The minimum Gasteiger partial charge on any atom is -0.546 e. The molecule has 0 amide bonds. The number of ether oxygens (including phenoxy) is 1. The van der Waals surface area contributed by atoms with E-state index >= 15 is 0 Å². The molecule has 1 unspecified atom stereocenters. The van der Waals surface area contributed by atoms with Gasteiger partial charge < -0.3 is 31.2 Å². The van der Waals surface area contributed by atoms with E-state index < -0.39 is 24.1 Å². The number of aliphatic carboxylic acids is 2. The van der Waals surface area contributed by atoms with Crippen molar-refractivity contribution >= 4 is 17.7 Å². The summed E-state index contributed by atoms with van der Waals surface area (Å²) in [6.07, 6.45) is 1.30. The summed E-state index contributed by atoms with van der Waals surface area (Å²) in [4.78, 5) is 33.2. The van der Waals surface area contributed by atoms with E-state index in [0.717, 1.165) is 18.4 Å². The average Bonchev–Trinajstić information content (AvgIpc) is 2.74. The van der Waals surface area contributed by atoms with Gasteiger partial charge in [-0.25, -0.2) is 4.79 Å². The first kappa shape index (κ1) is 25.8. The van der Waals surface area contributed by atoms with E-state index in [4.69, 9.17) is 15.6 Å². The summed E-state index contributed by atoms with van der Waals surface area (Å²) in [7, 11) is 0. The van der Waals surface area contributed by atoms with Gasteiger partial charge in [0.1, 0.15) is 11.9 Å². The van der Waals surface area contributed by atoms with Gasteiger partial charge in [-0.1, -0.05) is 42.0 Å². The Morgan fingerprint density at radius 3 is 2.29 bits per heavy atom. The molecule has 8 heteroatoms. The Balaban J connectivity index is 0.000000407. The first-order valence-corrected chi connectivity index (χ1v) is 10.0. The predicted molar refractivity (Wildman–Crippen MR) is 113 cm³/mol. The van der Waals surface area contributed by atoms with Gasteiger partial charge in [-0.05, 0) is 45.4 Å². The number of nitrogens with two attached hydrogens (primary N) is 1. The first-order chi connectivity index (χ1) is 14.6. The lowest BCUT2D eigenvalue weighted by atomic mass is 10.0. The summed E-state index contributed by atoms with van der Waals surface area (Å²) in [6, 6.07) is 13.2. The molecular weight excluding hydrogens is 400 g/mol. The molecule has 168 valence electrons. The van der Waals surface area contributed by atoms with Crippen LogP contribution in [0.25, 0.3) is 0 Å². The molecular formula is C23H30N2O6. The van der Waals surface area contributed by atoms with Crippen LogP contribution in [0, 0.1) is 6.92 Å². The zero-order valence-electron chi connectivity index (χ0n) is 17.9. The van der Waals surface area contributed by atoms with Gasteiger partial charge >= 0.3 is 5.97 Å². The molecule has 0 heterocycles. The SMILES string of the molecule is Cc1ccc(C(=O)c2cccc(OC(C)C(=O)[O-])c2)cc1.NCCCC[C@H]([NH3+])C(=O)O. The highest BCUT2D eigenvalue weighted by Crippen LogP contribution is 2.18. The second-order valence-corrected chi connectivity index (χ2v) is 7.12. The first-order valence-electron chi connectivity index (χ1n) is 10.0. The summed E-state index contributed by atoms with van der Waals surface area (Å²) in [6.45, 7) is 3.96. The Morgan fingerprint density at radius 1 is 1.10 bits per heavy atom. The summed E-state index contributed by atoms with van der Waals surface area (Å²) < 4.78 is 5.21. The molecule has 0 aliphatic carbocycles. The highest BCUT2D eigenvalue weighted by Gasteiger charge is 2.13. The van der Waals surface area contributed by atoms with Gasteiger partial charge in [-0.15, -0.1) is 0 Å². The molecule has 2 rings (SSSR count). The van der Waals surface area contributed by atoms with Crippen molar-refractivity contribution in [3.63, 3.8) is 0 Å². The summed E-state index contributed by atoms with van der Waals surface area (Å²) in [5.74, 6) is -1.94. The van der Waals surface area contributed by atoms with E-state index in [1.807, 2.05) is 19.1 Å². The van der Waals surface area contributed by atoms with Gasteiger partial charge in [0, 0.05) is 17.5 Å². The molecule has 2 aromatic carbocycles. The lowest BCUT2D eigenvalue weighted by Gasteiger charge is -2.15. The van der Waals surface area contributed by atoms with E-state index in [1.165, 1.54) is 13.0 Å². The highest BCUT2D eigenvalue weighted by molar-refractivity contribution is 6.09. The molecule has 0 fully saturated rings. The number of quaternary nitrogens is 1. The number of carbonyl (C=O) groups excluding carboxylic acids is 2. The molecule has 0 spiro atoms. The predicted octanol–water partition coefficient (Wildman–Crippen LogP) is 0.554. The number of carboxylic acids is 2. The average molecular weight is 431 g/mol. The number of unbranched alkanes of at least 4 members (excludes halogenated alkanes) is 1. The van der Waals surface area contributed by atoms with Crippen LogP contribution in [0.3, 0.4) is 0 Å². The third-order valence-electron chi connectivity index (χ3n) is 4.41. The van der Waals surface area contributed by atoms with E-state index in [9.17, 15) is 19.5 Å². The van der Waals surface area contributed by atoms with Gasteiger partial charge in [0.25, 0.3) is 0 Å². The highest BCUT2D eigenvalue weighted by atomic mass is 16.5. The maximum Gasteiger partial charge on any atom is 0.362 e. The number of carbonyl (C=O) groups is 3. The van der Waals surface area contributed by atoms with Crippen LogP contribution in [0.2, 0.25) is 0 Å². The molecule has 31 heavy (non-hydrogen) atoms. The molecule has 0 saturated heterocycles. The van der Waals surface area contributed by atoms with Crippen LogP contribution in [0.1, 0.15) is 47.7 Å². The quantitative estimate of drug-likeness (QED) is 0.367. The lowest BCUT2D eigenvalue weighted by Crippen LogP contribution is -2.64. The number of carboxylic acid groups (broad SMARTS) is 2. The zero-order chi connectivity index (χ0) is 23.4. The Morgan fingerprint density at radius 2 is 1.74 bits per heavy atom. The summed E-state index contributed by atoms with van der Waals surface area (Å²) in [5, 5.41) is 19.1. The van der Waals surface area contributed by atoms with Crippen LogP contribution in [0.4, 0.5) is 0 Å². The lowest BCUT2D eigenvalue weighted by molar-refractivity contribution is -0.409. The van der Waals surface area contributed by atoms with Crippen molar-refractivity contribution in [2.75, 3.05) is 6.54 Å². The summed E-state index contributed by atoms with van der Waals surface area (Å²) >= 11 is 0. The summed E-state index contributed by atoms with van der Waals surface area (Å²) in [5.41, 5.74) is 10.8. The normalized spacial score (nSPS) is 12.1. The van der Waals surface area contributed by atoms with E-state index in [2.05, 4.69) is 5.73 Å². The number of aryl methyl sites for hydroxylation is 1. The molecule has 2 aromatic rings. The molecule has 0 aromatic heterocycles. The molecule has 0 saturated carbocycles. The fraction of sp³-hybridized carbons (Fsp3) is 0.348. The number of hydrogen-bond donors (Lipinski definition) is 3. The second-order valence-electron chi connectivity index (χ2n) is 7.12. The van der Waals surface area contributed by atoms with Crippen LogP contribution < -0.4 is 21.3 Å². The molecule has 0 radical (unpaired) electrons. The van der Waals surface area contributed by atoms with Crippen LogP contribution in [0.5, 0.6) is 5.75 Å². The number of hydrogen-bond acceptors (Lipinski definition) is 6. The largest absolute Gasteiger partial charge is 0.546 e. The van der Waals surface area contributed by atoms with Crippen LogP contribution in [-0.4, -0.2) is 41.5 Å². The topological polar surface area (TPSA) is 157 Å². The van der Waals surface area contributed by atoms with Gasteiger partial charge in [0.05, 0.1) is 5.97 Å². The van der Waals surface area contributed by atoms with Crippen molar-refractivity contribution in [2.24, 2.45) is 5.73 Å². The van der Waals surface area contributed by atoms with Gasteiger partial charge in [-0.2, -0.15) is 0 Å². The number of benzene rings is 2. The minimum absolute atomic E-state index is 0.137. The smallest absolute Gasteiger partial charge is 0.362 e.